The van der Waals surface area contributed by atoms with E-state index < -0.39 is 0 Å². The van der Waals surface area contributed by atoms with Crippen LogP contribution in [0.2, 0.25) is 10.0 Å². The lowest BCUT2D eigenvalue weighted by atomic mass is 10.2. The van der Waals surface area contributed by atoms with Crippen LogP contribution in [-0.2, 0) is 6.54 Å². The van der Waals surface area contributed by atoms with E-state index in [-0.39, 0.29) is 0 Å². The molecule has 0 N–H and O–H groups in total. The topological polar surface area (TPSA) is 3.24 Å². The smallest absolute Gasteiger partial charge is 0.0465 e. The van der Waals surface area contributed by atoms with E-state index in [1.54, 1.807) is 0 Å². The highest BCUT2D eigenvalue weighted by molar-refractivity contribution is 6.35. The lowest BCUT2D eigenvalue weighted by Crippen LogP contribution is -2.27. The monoisotopic (exact) mass is 277 g/mol. The summed E-state index contributed by atoms with van der Waals surface area (Å²) in [6.07, 6.45) is 2.53. The van der Waals surface area contributed by atoms with Gasteiger partial charge in [-0.2, -0.15) is 0 Å². The third kappa shape index (κ3) is 3.04. The molecule has 16 heavy (non-hydrogen) atoms. The van der Waals surface area contributed by atoms with Crippen LogP contribution in [0, 0.1) is 0 Å². The maximum absolute atomic E-state index is 6.15. The zero-order valence-electron chi connectivity index (χ0n) is 8.93. The minimum absolute atomic E-state index is 0.651. The summed E-state index contributed by atoms with van der Waals surface area (Å²) in [4.78, 5) is 2.36. The largest absolute Gasteiger partial charge is 0.295 e. The highest BCUT2D eigenvalue weighted by Crippen LogP contribution is 2.32. The summed E-state index contributed by atoms with van der Waals surface area (Å²) in [6.45, 7) is 1.70. The van der Waals surface area contributed by atoms with Crippen molar-refractivity contribution in [2.75, 3.05) is 12.4 Å². The van der Waals surface area contributed by atoms with Crippen LogP contribution in [0.15, 0.2) is 18.2 Å². The number of nitrogens with zero attached hydrogens (tertiary/aromatic N) is 1. The first-order valence-electron chi connectivity index (χ1n) is 5.45. The van der Waals surface area contributed by atoms with Crippen LogP contribution >= 0.6 is 34.8 Å². The molecule has 0 heterocycles. The molecule has 1 aromatic carbocycles. The van der Waals surface area contributed by atoms with Crippen LogP contribution in [0.4, 0.5) is 0 Å². The van der Waals surface area contributed by atoms with E-state index >= 15 is 0 Å². The van der Waals surface area contributed by atoms with Crippen LogP contribution in [0.3, 0.4) is 0 Å². The molecule has 2 rings (SSSR count). The third-order valence-corrected chi connectivity index (χ3v) is 3.74. The Balaban J connectivity index is 2.11. The van der Waals surface area contributed by atoms with Crippen molar-refractivity contribution < 1.29 is 0 Å². The molecule has 1 fully saturated rings. The van der Waals surface area contributed by atoms with Gasteiger partial charge in [-0.25, -0.2) is 0 Å². The van der Waals surface area contributed by atoms with E-state index in [0.717, 1.165) is 28.7 Å². The minimum Gasteiger partial charge on any atom is -0.295 e. The summed E-state index contributed by atoms with van der Waals surface area (Å²) in [7, 11) is 0. The fraction of sp³-hybridized carbons (Fsp3) is 0.500. The molecule has 0 spiro atoms. The van der Waals surface area contributed by atoms with Crippen molar-refractivity contribution in [1.29, 1.82) is 0 Å². The Morgan fingerprint density at radius 2 is 1.81 bits per heavy atom. The third-order valence-electron chi connectivity index (χ3n) is 2.86. The van der Waals surface area contributed by atoms with E-state index in [0.29, 0.717) is 11.9 Å². The van der Waals surface area contributed by atoms with Crippen molar-refractivity contribution in [3.8, 4) is 0 Å². The summed E-state index contributed by atoms with van der Waals surface area (Å²) in [6, 6.07) is 6.31. The van der Waals surface area contributed by atoms with Crippen molar-refractivity contribution in [3.63, 3.8) is 0 Å². The van der Waals surface area contributed by atoms with Crippen LogP contribution in [0.25, 0.3) is 0 Å². The van der Waals surface area contributed by atoms with E-state index in [9.17, 15) is 0 Å². The molecule has 1 aliphatic rings. The number of hydrogen-bond donors (Lipinski definition) is 0. The first-order valence-corrected chi connectivity index (χ1v) is 6.74. The molecule has 0 aromatic heterocycles. The molecule has 0 unspecified atom stereocenters. The molecule has 0 saturated heterocycles. The highest BCUT2D eigenvalue weighted by Gasteiger charge is 2.29. The van der Waals surface area contributed by atoms with Crippen molar-refractivity contribution in [2.45, 2.75) is 25.4 Å². The highest BCUT2D eigenvalue weighted by atomic mass is 35.5. The molecule has 88 valence electrons. The second-order valence-corrected chi connectivity index (χ2v) is 5.28. The average molecular weight is 279 g/mol. The summed E-state index contributed by atoms with van der Waals surface area (Å²) < 4.78 is 0. The lowest BCUT2D eigenvalue weighted by molar-refractivity contribution is 0.271. The lowest BCUT2D eigenvalue weighted by Gasteiger charge is -2.22. The maximum atomic E-state index is 6.15. The van der Waals surface area contributed by atoms with E-state index in [1.807, 2.05) is 18.2 Å². The minimum atomic E-state index is 0.651. The van der Waals surface area contributed by atoms with Gasteiger partial charge >= 0.3 is 0 Å². The molecule has 4 heteroatoms. The Morgan fingerprint density at radius 1 is 1.19 bits per heavy atom. The molecule has 0 amide bonds. The molecule has 1 saturated carbocycles. The number of rotatable bonds is 5. The quantitative estimate of drug-likeness (QED) is 0.730. The Kier molecular flexibility index (Phi) is 4.37. The Hall–Kier alpha value is 0.0500. The van der Waals surface area contributed by atoms with Gasteiger partial charge in [-0.3, -0.25) is 4.90 Å². The van der Waals surface area contributed by atoms with E-state index in [1.165, 1.54) is 12.8 Å². The van der Waals surface area contributed by atoms with Gasteiger partial charge in [0.1, 0.15) is 0 Å². The van der Waals surface area contributed by atoms with Gasteiger partial charge in [0.2, 0.25) is 0 Å². The van der Waals surface area contributed by atoms with Crippen LogP contribution in [0.1, 0.15) is 18.4 Å². The summed E-state index contributed by atoms with van der Waals surface area (Å²) in [5, 5.41) is 1.49. The molecule has 0 radical (unpaired) electrons. The Morgan fingerprint density at radius 3 is 2.31 bits per heavy atom. The van der Waals surface area contributed by atoms with Gasteiger partial charge in [0.15, 0.2) is 0 Å². The standard InChI is InChI=1S/C12H14Cl3N/c13-6-7-16(9-4-5-9)8-10-11(14)2-1-3-12(10)15/h1-3,9H,4-8H2. The summed E-state index contributed by atoms with van der Waals surface area (Å²) in [5.74, 6) is 0.651. The number of hydrogen-bond acceptors (Lipinski definition) is 1. The second kappa shape index (κ2) is 5.59. The van der Waals surface area contributed by atoms with Crippen molar-refractivity contribution >= 4 is 34.8 Å². The molecule has 1 nitrogen and oxygen atoms in total. The molecule has 0 aliphatic heterocycles. The van der Waals surface area contributed by atoms with Gasteiger partial charge in [-0.05, 0) is 25.0 Å². The Labute approximate surface area is 111 Å². The molecular weight excluding hydrogens is 264 g/mol. The van der Waals surface area contributed by atoms with Gasteiger partial charge in [0, 0.05) is 40.6 Å². The zero-order chi connectivity index (χ0) is 11.5. The predicted octanol–water partition coefficient (Wildman–Crippen LogP) is 4.20. The van der Waals surface area contributed by atoms with Crippen LogP contribution in [0.5, 0.6) is 0 Å². The summed E-state index contributed by atoms with van der Waals surface area (Å²) >= 11 is 18.1. The fourth-order valence-electron chi connectivity index (χ4n) is 1.83. The number of alkyl halides is 1. The average Bonchev–Trinajstić information content (AvgIpc) is 3.06. The van der Waals surface area contributed by atoms with Crippen molar-refractivity contribution in [2.24, 2.45) is 0 Å². The number of benzene rings is 1. The van der Waals surface area contributed by atoms with Crippen LogP contribution in [-0.4, -0.2) is 23.4 Å². The molecule has 0 atom stereocenters. The molecule has 1 aliphatic carbocycles. The molecule has 0 bridgehead atoms. The molecular formula is C12H14Cl3N. The zero-order valence-corrected chi connectivity index (χ0v) is 11.2. The van der Waals surface area contributed by atoms with Crippen LogP contribution < -0.4 is 0 Å². The van der Waals surface area contributed by atoms with Crippen molar-refractivity contribution in [1.82, 2.24) is 4.90 Å². The first-order chi connectivity index (χ1) is 7.72. The maximum Gasteiger partial charge on any atom is 0.0465 e. The SMILES string of the molecule is ClCCN(Cc1c(Cl)cccc1Cl)C1CC1. The molecule has 1 aromatic rings. The van der Waals surface area contributed by atoms with Gasteiger partial charge in [-0.15, -0.1) is 11.6 Å². The second-order valence-electron chi connectivity index (χ2n) is 4.09. The van der Waals surface area contributed by atoms with E-state index in [2.05, 4.69) is 4.90 Å². The number of halogens is 3. The van der Waals surface area contributed by atoms with Crippen molar-refractivity contribution in [3.05, 3.63) is 33.8 Å². The fourth-order valence-corrected chi connectivity index (χ4v) is 2.56. The van der Waals surface area contributed by atoms with E-state index in [4.69, 9.17) is 34.8 Å². The first kappa shape index (κ1) is 12.5. The summed E-state index contributed by atoms with van der Waals surface area (Å²) in [5.41, 5.74) is 1.02. The van der Waals surface area contributed by atoms with Gasteiger partial charge in [0.25, 0.3) is 0 Å². The van der Waals surface area contributed by atoms with Gasteiger partial charge < -0.3 is 0 Å². The van der Waals surface area contributed by atoms with Gasteiger partial charge in [-0.1, -0.05) is 29.3 Å². The van der Waals surface area contributed by atoms with Gasteiger partial charge in [0.05, 0.1) is 0 Å². The predicted molar refractivity (Wildman–Crippen MR) is 70.6 cm³/mol. The normalized spacial score (nSPS) is 15.8. The Bertz CT molecular complexity index is 343.